The van der Waals surface area contributed by atoms with Gasteiger partial charge in [0.15, 0.2) is 0 Å². The van der Waals surface area contributed by atoms with Crippen LogP contribution in [-0.4, -0.2) is 62.8 Å². The Kier molecular flexibility index (Phi) is 5.22. The van der Waals surface area contributed by atoms with Crippen molar-refractivity contribution in [1.29, 1.82) is 0 Å². The third-order valence-corrected chi connectivity index (χ3v) is 3.39. The fraction of sp³-hybridized carbons (Fsp3) is 0.917. The van der Waals surface area contributed by atoms with E-state index in [1.807, 2.05) is 0 Å². The monoisotopic (exact) mass is 241 g/mol. The molecular formula is C12H23N3O2. The molecule has 2 fully saturated rings. The molecule has 2 saturated heterocycles. The number of hydrogen-bond donors (Lipinski definition) is 2. The second-order valence-electron chi connectivity index (χ2n) is 4.83. The van der Waals surface area contributed by atoms with Crippen LogP contribution in [0.15, 0.2) is 0 Å². The lowest BCUT2D eigenvalue weighted by molar-refractivity contribution is -0.123. The fourth-order valence-corrected chi connectivity index (χ4v) is 2.38. The molecule has 0 unspecified atom stereocenters. The molecule has 2 N–H and O–H groups in total. The first kappa shape index (κ1) is 12.8. The zero-order valence-corrected chi connectivity index (χ0v) is 10.4. The number of ether oxygens (including phenoxy) is 1. The Morgan fingerprint density at radius 3 is 2.94 bits per heavy atom. The van der Waals surface area contributed by atoms with Crippen molar-refractivity contribution >= 4 is 5.91 Å². The molecule has 98 valence electrons. The van der Waals surface area contributed by atoms with Gasteiger partial charge in [0.25, 0.3) is 0 Å². The van der Waals surface area contributed by atoms with Crippen LogP contribution in [0.1, 0.15) is 19.3 Å². The van der Waals surface area contributed by atoms with Gasteiger partial charge in [0.2, 0.25) is 5.91 Å². The fourth-order valence-electron chi connectivity index (χ4n) is 2.38. The van der Waals surface area contributed by atoms with Crippen molar-refractivity contribution in [2.45, 2.75) is 25.3 Å². The van der Waals surface area contributed by atoms with E-state index in [0.29, 0.717) is 12.6 Å². The Morgan fingerprint density at radius 1 is 1.29 bits per heavy atom. The Hall–Kier alpha value is -0.650. The van der Waals surface area contributed by atoms with Crippen LogP contribution >= 0.6 is 0 Å². The summed E-state index contributed by atoms with van der Waals surface area (Å²) >= 11 is 0. The molecule has 5 heteroatoms. The van der Waals surface area contributed by atoms with Gasteiger partial charge < -0.3 is 15.4 Å². The molecule has 0 bridgehead atoms. The first-order valence-corrected chi connectivity index (χ1v) is 6.65. The molecule has 0 aliphatic carbocycles. The van der Waals surface area contributed by atoms with Gasteiger partial charge >= 0.3 is 0 Å². The third-order valence-electron chi connectivity index (χ3n) is 3.39. The van der Waals surface area contributed by atoms with Gasteiger partial charge in [0, 0.05) is 32.3 Å². The average Bonchev–Trinajstić information content (AvgIpc) is 2.59. The predicted octanol–water partition coefficient (Wildman–Crippen LogP) is -0.423. The summed E-state index contributed by atoms with van der Waals surface area (Å²) in [5.74, 6) is 0.166. The van der Waals surface area contributed by atoms with Crippen LogP contribution in [-0.2, 0) is 9.53 Å². The second-order valence-corrected chi connectivity index (χ2v) is 4.83. The lowest BCUT2D eigenvalue weighted by Crippen LogP contribution is -2.44. The maximum atomic E-state index is 11.9. The Morgan fingerprint density at radius 2 is 2.12 bits per heavy atom. The Labute approximate surface area is 103 Å². The van der Waals surface area contributed by atoms with Crippen LogP contribution in [0.25, 0.3) is 0 Å². The van der Waals surface area contributed by atoms with Crippen molar-refractivity contribution in [1.82, 2.24) is 15.5 Å². The van der Waals surface area contributed by atoms with Gasteiger partial charge in [-0.3, -0.25) is 9.69 Å². The van der Waals surface area contributed by atoms with Crippen molar-refractivity contribution in [3.63, 3.8) is 0 Å². The Bertz CT molecular complexity index is 234. The minimum absolute atomic E-state index is 0.166. The highest BCUT2D eigenvalue weighted by Crippen LogP contribution is 2.06. The van der Waals surface area contributed by atoms with Gasteiger partial charge in [0.1, 0.15) is 0 Å². The summed E-state index contributed by atoms with van der Waals surface area (Å²) in [6, 6.07) is 0.321. The summed E-state index contributed by atoms with van der Waals surface area (Å²) in [5, 5.41) is 6.45. The van der Waals surface area contributed by atoms with E-state index in [1.54, 1.807) is 0 Å². The van der Waals surface area contributed by atoms with Gasteiger partial charge in [0.05, 0.1) is 6.54 Å². The topological polar surface area (TPSA) is 53.6 Å². The summed E-state index contributed by atoms with van der Waals surface area (Å²) in [4.78, 5) is 14.1. The number of amides is 1. The van der Waals surface area contributed by atoms with Crippen molar-refractivity contribution in [2.24, 2.45) is 0 Å². The van der Waals surface area contributed by atoms with E-state index in [4.69, 9.17) is 4.74 Å². The number of hydrogen-bond acceptors (Lipinski definition) is 4. The summed E-state index contributed by atoms with van der Waals surface area (Å²) in [7, 11) is 0. The van der Waals surface area contributed by atoms with Gasteiger partial charge in [-0.25, -0.2) is 0 Å². The predicted molar refractivity (Wildman–Crippen MR) is 65.9 cm³/mol. The molecule has 0 saturated carbocycles. The van der Waals surface area contributed by atoms with Crippen LogP contribution in [0.3, 0.4) is 0 Å². The molecule has 17 heavy (non-hydrogen) atoms. The van der Waals surface area contributed by atoms with Gasteiger partial charge in [-0.15, -0.1) is 0 Å². The smallest absolute Gasteiger partial charge is 0.234 e. The summed E-state index contributed by atoms with van der Waals surface area (Å²) < 4.78 is 5.28. The maximum absolute atomic E-state index is 11.9. The first-order chi connectivity index (χ1) is 8.34. The van der Waals surface area contributed by atoms with E-state index < -0.39 is 0 Å². The van der Waals surface area contributed by atoms with E-state index in [0.717, 1.165) is 58.7 Å². The maximum Gasteiger partial charge on any atom is 0.234 e. The minimum atomic E-state index is 0.166. The van der Waals surface area contributed by atoms with E-state index in [2.05, 4.69) is 15.5 Å². The molecule has 0 atom stereocenters. The molecule has 0 spiro atoms. The zero-order chi connectivity index (χ0) is 11.9. The molecule has 2 rings (SSSR count). The number of rotatable bonds is 3. The van der Waals surface area contributed by atoms with Crippen LogP contribution < -0.4 is 10.6 Å². The second kappa shape index (κ2) is 6.93. The SMILES string of the molecule is O=C(CN1CCCNCC1)NC1CCOCC1. The van der Waals surface area contributed by atoms with E-state index >= 15 is 0 Å². The molecule has 2 aliphatic heterocycles. The molecule has 1 amide bonds. The number of nitrogens with zero attached hydrogens (tertiary/aromatic N) is 1. The molecular weight excluding hydrogens is 218 g/mol. The van der Waals surface area contributed by atoms with Gasteiger partial charge in [-0.1, -0.05) is 0 Å². The largest absolute Gasteiger partial charge is 0.381 e. The highest BCUT2D eigenvalue weighted by atomic mass is 16.5. The van der Waals surface area contributed by atoms with E-state index in [1.165, 1.54) is 0 Å². The first-order valence-electron chi connectivity index (χ1n) is 6.65. The Balaban J connectivity index is 1.68. The highest BCUT2D eigenvalue weighted by Gasteiger charge is 2.18. The molecule has 0 aromatic carbocycles. The van der Waals surface area contributed by atoms with Crippen LogP contribution in [0.2, 0.25) is 0 Å². The van der Waals surface area contributed by atoms with Crippen molar-refractivity contribution in [2.75, 3.05) is 45.9 Å². The summed E-state index contributed by atoms with van der Waals surface area (Å²) in [6.45, 7) is 6.15. The average molecular weight is 241 g/mol. The lowest BCUT2D eigenvalue weighted by Gasteiger charge is -2.25. The van der Waals surface area contributed by atoms with E-state index in [-0.39, 0.29) is 5.91 Å². The van der Waals surface area contributed by atoms with Gasteiger partial charge in [-0.2, -0.15) is 0 Å². The third kappa shape index (κ3) is 4.61. The zero-order valence-electron chi connectivity index (χ0n) is 10.4. The quantitative estimate of drug-likeness (QED) is 0.704. The van der Waals surface area contributed by atoms with E-state index in [9.17, 15) is 4.79 Å². The van der Waals surface area contributed by atoms with Gasteiger partial charge in [-0.05, 0) is 32.4 Å². The van der Waals surface area contributed by atoms with Crippen LogP contribution in [0.5, 0.6) is 0 Å². The van der Waals surface area contributed by atoms with Crippen LogP contribution in [0, 0.1) is 0 Å². The molecule has 2 aliphatic rings. The molecule has 5 nitrogen and oxygen atoms in total. The normalized spacial score (nSPS) is 24.2. The molecule has 2 heterocycles. The van der Waals surface area contributed by atoms with Crippen LogP contribution in [0.4, 0.5) is 0 Å². The minimum Gasteiger partial charge on any atom is -0.381 e. The number of carbonyl (C=O) groups excluding carboxylic acids is 1. The summed E-state index contributed by atoms with van der Waals surface area (Å²) in [5.41, 5.74) is 0. The standard InChI is InChI=1S/C12H23N3O2/c16-12(14-11-2-8-17-9-3-11)10-15-6-1-4-13-5-7-15/h11,13H,1-10H2,(H,14,16). The highest BCUT2D eigenvalue weighted by molar-refractivity contribution is 5.78. The number of carbonyl (C=O) groups is 1. The number of nitrogens with one attached hydrogen (secondary N) is 2. The van der Waals surface area contributed by atoms with Crippen molar-refractivity contribution in [3.05, 3.63) is 0 Å². The molecule has 0 aromatic heterocycles. The molecule has 0 aromatic rings. The lowest BCUT2D eigenvalue weighted by atomic mass is 10.1. The molecule has 0 radical (unpaired) electrons. The summed E-state index contributed by atoms with van der Waals surface area (Å²) in [6.07, 6.45) is 3.03. The van der Waals surface area contributed by atoms with Crippen molar-refractivity contribution in [3.8, 4) is 0 Å². The van der Waals surface area contributed by atoms with Crippen molar-refractivity contribution < 1.29 is 9.53 Å².